The summed E-state index contributed by atoms with van der Waals surface area (Å²) in [6.45, 7) is 2.01. The first-order valence-corrected chi connectivity index (χ1v) is 8.99. The number of nitrogens with one attached hydrogen (secondary N) is 2. The van der Waals surface area contributed by atoms with E-state index in [2.05, 4.69) is 15.6 Å². The molecule has 1 heterocycles. The first-order chi connectivity index (χ1) is 13.6. The maximum absolute atomic E-state index is 12.1. The number of para-hydroxylation sites is 1. The molecule has 1 aromatic heterocycles. The Morgan fingerprint density at radius 3 is 2.21 bits per heavy atom. The van der Waals surface area contributed by atoms with Gasteiger partial charge in [0.05, 0.1) is 0 Å². The van der Waals surface area contributed by atoms with Crippen LogP contribution >= 0.6 is 0 Å². The Morgan fingerprint density at radius 1 is 0.857 bits per heavy atom. The zero-order valence-electron chi connectivity index (χ0n) is 15.5. The molecule has 2 N–H and O–H groups in total. The quantitative estimate of drug-likeness (QED) is 0.600. The fourth-order valence-electron chi connectivity index (χ4n) is 2.64. The number of aromatic nitrogens is 1. The van der Waals surface area contributed by atoms with Crippen LogP contribution in [0.2, 0.25) is 0 Å². The molecule has 0 bridgehead atoms. The van der Waals surface area contributed by atoms with Gasteiger partial charge in [0.1, 0.15) is 17.9 Å². The van der Waals surface area contributed by atoms with E-state index >= 15 is 0 Å². The lowest BCUT2D eigenvalue weighted by molar-refractivity contribution is -0.123. The molecule has 3 rings (SSSR count). The van der Waals surface area contributed by atoms with Crippen molar-refractivity contribution in [3.05, 3.63) is 78.6 Å². The van der Waals surface area contributed by atoms with Crippen LogP contribution in [-0.4, -0.2) is 16.8 Å². The van der Waals surface area contributed by atoms with Crippen LogP contribution in [0.4, 0.5) is 11.4 Å². The van der Waals surface area contributed by atoms with Crippen LogP contribution in [0.1, 0.15) is 18.9 Å². The van der Waals surface area contributed by atoms with Crippen LogP contribution in [0.5, 0.6) is 11.5 Å². The van der Waals surface area contributed by atoms with Gasteiger partial charge in [0.25, 0.3) is 0 Å². The Kier molecular flexibility index (Phi) is 6.36. The highest BCUT2D eigenvalue weighted by Crippen LogP contribution is 2.22. The number of benzene rings is 2. The summed E-state index contributed by atoms with van der Waals surface area (Å²) in [6, 6.07) is 18.0. The Bertz CT molecular complexity index is 941. The van der Waals surface area contributed by atoms with Crippen molar-refractivity contribution in [2.75, 3.05) is 10.6 Å². The van der Waals surface area contributed by atoms with Gasteiger partial charge in [-0.25, -0.2) is 0 Å². The number of anilines is 2. The molecule has 3 aromatic rings. The highest BCUT2D eigenvalue weighted by Gasteiger charge is 2.11. The minimum Gasteiger partial charge on any atom is -0.457 e. The molecule has 6 nitrogen and oxygen atoms in total. The van der Waals surface area contributed by atoms with E-state index in [-0.39, 0.29) is 18.2 Å². The summed E-state index contributed by atoms with van der Waals surface area (Å²) in [7, 11) is 0. The van der Waals surface area contributed by atoms with Crippen LogP contribution < -0.4 is 15.4 Å². The lowest BCUT2D eigenvalue weighted by atomic mass is 10.1. The molecule has 0 unspecified atom stereocenters. The number of rotatable bonds is 7. The molecule has 0 saturated heterocycles. The van der Waals surface area contributed by atoms with Crippen LogP contribution in [0.15, 0.2) is 73.1 Å². The first-order valence-electron chi connectivity index (χ1n) is 8.99. The molecule has 0 spiro atoms. The molecule has 0 aliphatic heterocycles. The summed E-state index contributed by atoms with van der Waals surface area (Å²) in [5.74, 6) is 0.583. The first kappa shape index (κ1) is 19.1. The predicted octanol–water partition coefficient (Wildman–Crippen LogP) is 4.40. The number of pyridine rings is 1. The van der Waals surface area contributed by atoms with Crippen molar-refractivity contribution in [1.29, 1.82) is 0 Å². The van der Waals surface area contributed by atoms with Gasteiger partial charge in [-0.05, 0) is 54.4 Å². The Morgan fingerprint density at radius 2 is 1.50 bits per heavy atom. The fourth-order valence-corrected chi connectivity index (χ4v) is 2.64. The minimum absolute atomic E-state index is 0.257. The molecule has 0 fully saturated rings. The molecular formula is C22H21N3O3. The summed E-state index contributed by atoms with van der Waals surface area (Å²) >= 11 is 0. The second-order valence-electron chi connectivity index (χ2n) is 6.09. The van der Waals surface area contributed by atoms with Gasteiger partial charge in [0.2, 0.25) is 11.8 Å². The molecule has 0 atom stereocenters. The van der Waals surface area contributed by atoms with Crippen molar-refractivity contribution >= 4 is 23.2 Å². The van der Waals surface area contributed by atoms with Crippen molar-refractivity contribution in [2.45, 2.75) is 19.8 Å². The van der Waals surface area contributed by atoms with Crippen molar-refractivity contribution in [1.82, 2.24) is 4.98 Å². The SMILES string of the molecule is CCc1ccccc1NC(=O)CC(=O)Nc1ccc(Oc2ccncc2)cc1. The van der Waals surface area contributed by atoms with Gasteiger partial charge >= 0.3 is 0 Å². The number of ether oxygens (including phenoxy) is 1. The maximum Gasteiger partial charge on any atom is 0.233 e. The fraction of sp³-hybridized carbons (Fsp3) is 0.136. The van der Waals surface area contributed by atoms with E-state index < -0.39 is 0 Å². The molecule has 142 valence electrons. The van der Waals surface area contributed by atoms with Gasteiger partial charge in [-0.3, -0.25) is 14.6 Å². The summed E-state index contributed by atoms with van der Waals surface area (Å²) < 4.78 is 5.67. The highest BCUT2D eigenvalue weighted by atomic mass is 16.5. The maximum atomic E-state index is 12.1. The van der Waals surface area contributed by atoms with E-state index in [4.69, 9.17) is 4.74 Å². The van der Waals surface area contributed by atoms with Crippen LogP contribution in [0, 0.1) is 0 Å². The van der Waals surface area contributed by atoms with Crippen molar-refractivity contribution in [3.63, 3.8) is 0 Å². The van der Waals surface area contributed by atoms with Crippen molar-refractivity contribution in [3.8, 4) is 11.5 Å². The zero-order valence-corrected chi connectivity index (χ0v) is 15.5. The molecule has 0 saturated carbocycles. The highest BCUT2D eigenvalue weighted by molar-refractivity contribution is 6.08. The predicted molar refractivity (Wildman–Crippen MR) is 108 cm³/mol. The standard InChI is InChI=1S/C22H21N3O3/c1-2-16-5-3-4-6-20(16)25-22(27)15-21(26)24-17-7-9-18(10-8-17)28-19-11-13-23-14-12-19/h3-14H,2,15H2,1H3,(H,24,26)(H,25,27). The molecule has 6 heteroatoms. The van der Waals surface area contributed by atoms with Gasteiger partial charge in [-0.15, -0.1) is 0 Å². The van der Waals surface area contributed by atoms with Crippen molar-refractivity contribution < 1.29 is 14.3 Å². The number of carbonyl (C=O) groups excluding carboxylic acids is 2. The van der Waals surface area contributed by atoms with Crippen LogP contribution in [0.3, 0.4) is 0 Å². The monoisotopic (exact) mass is 375 g/mol. The molecule has 2 amide bonds. The Labute approximate surface area is 163 Å². The number of nitrogens with zero attached hydrogens (tertiary/aromatic N) is 1. The molecule has 28 heavy (non-hydrogen) atoms. The van der Waals surface area contributed by atoms with Gasteiger partial charge in [-0.1, -0.05) is 25.1 Å². The summed E-state index contributed by atoms with van der Waals surface area (Å²) in [6.07, 6.45) is 3.84. The number of amides is 2. The van der Waals surface area contributed by atoms with E-state index in [1.54, 1.807) is 48.8 Å². The van der Waals surface area contributed by atoms with E-state index in [1.807, 2.05) is 31.2 Å². The van der Waals surface area contributed by atoms with Crippen LogP contribution in [-0.2, 0) is 16.0 Å². The Hall–Kier alpha value is -3.67. The number of hydrogen-bond acceptors (Lipinski definition) is 4. The van der Waals surface area contributed by atoms with Crippen LogP contribution in [0.25, 0.3) is 0 Å². The topological polar surface area (TPSA) is 80.3 Å². The number of carbonyl (C=O) groups is 2. The normalized spacial score (nSPS) is 10.2. The third-order valence-electron chi connectivity index (χ3n) is 4.02. The van der Waals surface area contributed by atoms with Gasteiger partial charge in [0, 0.05) is 23.8 Å². The van der Waals surface area contributed by atoms with E-state index in [9.17, 15) is 9.59 Å². The average Bonchev–Trinajstić information content (AvgIpc) is 2.70. The number of hydrogen-bond donors (Lipinski definition) is 2. The smallest absolute Gasteiger partial charge is 0.233 e. The Balaban J connectivity index is 1.52. The molecule has 2 aromatic carbocycles. The summed E-state index contributed by atoms with van der Waals surface area (Å²) in [5, 5.41) is 5.50. The molecule has 0 aliphatic rings. The lowest BCUT2D eigenvalue weighted by Gasteiger charge is -2.10. The second-order valence-corrected chi connectivity index (χ2v) is 6.09. The number of aryl methyl sites for hydroxylation is 1. The molecular weight excluding hydrogens is 354 g/mol. The van der Waals surface area contributed by atoms with Gasteiger partial charge in [-0.2, -0.15) is 0 Å². The molecule has 0 aliphatic carbocycles. The van der Waals surface area contributed by atoms with E-state index in [0.717, 1.165) is 17.7 Å². The third-order valence-corrected chi connectivity index (χ3v) is 4.02. The van der Waals surface area contributed by atoms with Gasteiger partial charge in [0.15, 0.2) is 0 Å². The van der Waals surface area contributed by atoms with E-state index in [0.29, 0.717) is 17.2 Å². The second kappa shape index (κ2) is 9.32. The minimum atomic E-state index is -0.380. The van der Waals surface area contributed by atoms with E-state index in [1.165, 1.54) is 0 Å². The zero-order chi connectivity index (χ0) is 19.8. The largest absolute Gasteiger partial charge is 0.457 e. The van der Waals surface area contributed by atoms with Crippen molar-refractivity contribution in [2.24, 2.45) is 0 Å². The lowest BCUT2D eigenvalue weighted by Crippen LogP contribution is -2.21. The molecule has 0 radical (unpaired) electrons. The summed E-state index contributed by atoms with van der Waals surface area (Å²) in [5.41, 5.74) is 2.36. The third kappa shape index (κ3) is 5.41. The van der Waals surface area contributed by atoms with Gasteiger partial charge < -0.3 is 15.4 Å². The summed E-state index contributed by atoms with van der Waals surface area (Å²) in [4.78, 5) is 28.2. The average molecular weight is 375 g/mol.